The number of fused-ring (bicyclic) bond motifs is 1. The number of aryl methyl sites for hydroxylation is 1. The molecule has 0 fully saturated rings. The Morgan fingerprint density at radius 2 is 2.15 bits per heavy atom. The lowest BCUT2D eigenvalue weighted by Gasteiger charge is -2.35. The van der Waals surface area contributed by atoms with Crippen molar-refractivity contribution in [3.63, 3.8) is 0 Å². The second kappa shape index (κ2) is 6.40. The molecule has 1 aliphatic carbocycles. The minimum Gasteiger partial charge on any atom is -0.337 e. The van der Waals surface area contributed by atoms with E-state index in [0.717, 1.165) is 25.7 Å². The molecule has 1 amide bonds. The normalized spacial score (nSPS) is 20.9. The molecule has 1 aliphatic rings. The van der Waals surface area contributed by atoms with Crippen LogP contribution in [0.5, 0.6) is 0 Å². The van der Waals surface area contributed by atoms with Gasteiger partial charge in [-0.25, -0.2) is 0 Å². The Morgan fingerprint density at radius 3 is 2.85 bits per heavy atom. The van der Waals surface area contributed by atoms with E-state index in [-0.39, 0.29) is 23.9 Å². The number of nitrogens with two attached hydrogens (primary N) is 1. The third-order valence-corrected chi connectivity index (χ3v) is 4.70. The van der Waals surface area contributed by atoms with Crippen LogP contribution in [0, 0.1) is 5.92 Å². The molecule has 3 heteroatoms. The number of carbonyl (C=O) groups is 1. The van der Waals surface area contributed by atoms with E-state index in [1.807, 2.05) is 18.9 Å². The molecule has 1 aromatic rings. The van der Waals surface area contributed by atoms with E-state index in [0.29, 0.717) is 0 Å². The van der Waals surface area contributed by atoms with Crippen LogP contribution in [0.1, 0.15) is 50.3 Å². The van der Waals surface area contributed by atoms with Crippen molar-refractivity contribution in [1.29, 1.82) is 0 Å². The fraction of sp³-hybridized carbons (Fsp3) is 0.588. The first-order valence-electron chi connectivity index (χ1n) is 7.66. The quantitative estimate of drug-likeness (QED) is 0.917. The van der Waals surface area contributed by atoms with Crippen molar-refractivity contribution in [2.45, 2.75) is 51.6 Å². The lowest BCUT2D eigenvalue weighted by Crippen LogP contribution is -2.47. The number of amides is 1. The van der Waals surface area contributed by atoms with Gasteiger partial charge in [-0.1, -0.05) is 44.5 Å². The van der Waals surface area contributed by atoms with E-state index in [4.69, 9.17) is 5.73 Å². The number of hydrogen-bond donors (Lipinski definition) is 1. The van der Waals surface area contributed by atoms with Crippen LogP contribution in [0.25, 0.3) is 0 Å². The van der Waals surface area contributed by atoms with E-state index < -0.39 is 0 Å². The molecule has 3 atom stereocenters. The highest BCUT2D eigenvalue weighted by molar-refractivity contribution is 5.82. The number of likely N-dealkylation sites (N-methyl/N-ethyl adjacent to an activating group) is 1. The van der Waals surface area contributed by atoms with Crippen molar-refractivity contribution in [3.05, 3.63) is 35.4 Å². The molecular weight excluding hydrogens is 248 g/mol. The summed E-state index contributed by atoms with van der Waals surface area (Å²) in [7, 11) is 1.90. The van der Waals surface area contributed by atoms with E-state index in [2.05, 4.69) is 31.2 Å². The van der Waals surface area contributed by atoms with Crippen LogP contribution in [0.4, 0.5) is 0 Å². The molecule has 0 aromatic heterocycles. The minimum atomic E-state index is -0.390. The Kier molecular flexibility index (Phi) is 4.81. The molecule has 0 spiro atoms. The molecule has 0 radical (unpaired) electrons. The van der Waals surface area contributed by atoms with Gasteiger partial charge < -0.3 is 10.6 Å². The smallest absolute Gasteiger partial charge is 0.240 e. The Morgan fingerprint density at radius 1 is 1.45 bits per heavy atom. The molecule has 0 saturated carbocycles. The molecule has 110 valence electrons. The van der Waals surface area contributed by atoms with Gasteiger partial charge in [0, 0.05) is 7.05 Å². The molecule has 20 heavy (non-hydrogen) atoms. The van der Waals surface area contributed by atoms with Gasteiger partial charge in [-0.05, 0) is 36.3 Å². The SMILES string of the molecule is CCC(C)C(N)C(=O)N(C)C1CCCc2ccccc21. The molecule has 0 saturated heterocycles. The Bertz CT molecular complexity index is 472. The zero-order valence-electron chi connectivity index (χ0n) is 12.8. The van der Waals surface area contributed by atoms with E-state index in [9.17, 15) is 4.79 Å². The van der Waals surface area contributed by atoms with Gasteiger partial charge in [0.2, 0.25) is 5.91 Å². The predicted molar refractivity (Wildman–Crippen MR) is 82.3 cm³/mol. The summed E-state index contributed by atoms with van der Waals surface area (Å²) in [5, 5.41) is 0. The van der Waals surface area contributed by atoms with Crippen molar-refractivity contribution in [3.8, 4) is 0 Å². The van der Waals surface area contributed by atoms with Crippen LogP contribution in [0.3, 0.4) is 0 Å². The fourth-order valence-electron chi connectivity index (χ4n) is 3.02. The first-order valence-corrected chi connectivity index (χ1v) is 7.66. The molecule has 3 unspecified atom stereocenters. The van der Waals surface area contributed by atoms with Crippen molar-refractivity contribution in [1.82, 2.24) is 4.90 Å². The lowest BCUT2D eigenvalue weighted by molar-refractivity contribution is -0.135. The van der Waals surface area contributed by atoms with Gasteiger partial charge in [0.05, 0.1) is 12.1 Å². The molecule has 3 nitrogen and oxygen atoms in total. The molecule has 2 rings (SSSR count). The molecular formula is C17H26N2O. The number of carbonyl (C=O) groups excluding carboxylic acids is 1. The standard InChI is InChI=1S/C17H26N2O/c1-4-12(2)16(18)17(20)19(3)15-11-7-9-13-8-5-6-10-14(13)15/h5-6,8,10,12,15-16H,4,7,9,11,18H2,1-3H3. The summed E-state index contributed by atoms with van der Waals surface area (Å²) in [6, 6.07) is 8.26. The van der Waals surface area contributed by atoms with Gasteiger partial charge in [0.1, 0.15) is 0 Å². The number of hydrogen-bond acceptors (Lipinski definition) is 2. The number of rotatable bonds is 4. The highest BCUT2D eigenvalue weighted by Gasteiger charge is 2.30. The summed E-state index contributed by atoms with van der Waals surface area (Å²) in [5.41, 5.74) is 8.78. The van der Waals surface area contributed by atoms with Gasteiger partial charge >= 0.3 is 0 Å². The van der Waals surface area contributed by atoms with Crippen molar-refractivity contribution in [2.24, 2.45) is 11.7 Å². The second-order valence-corrected chi connectivity index (χ2v) is 5.97. The van der Waals surface area contributed by atoms with E-state index >= 15 is 0 Å². The zero-order valence-corrected chi connectivity index (χ0v) is 12.8. The van der Waals surface area contributed by atoms with Crippen molar-refractivity contribution >= 4 is 5.91 Å². The molecule has 2 N–H and O–H groups in total. The third-order valence-electron chi connectivity index (χ3n) is 4.70. The average molecular weight is 274 g/mol. The molecule has 0 aliphatic heterocycles. The Labute approximate surface area is 122 Å². The maximum atomic E-state index is 12.6. The van der Waals surface area contributed by atoms with Crippen molar-refractivity contribution < 1.29 is 4.79 Å². The van der Waals surface area contributed by atoms with Gasteiger partial charge in [0.15, 0.2) is 0 Å². The topological polar surface area (TPSA) is 46.3 Å². The molecule has 0 bridgehead atoms. The summed E-state index contributed by atoms with van der Waals surface area (Å²) in [5.74, 6) is 0.296. The zero-order chi connectivity index (χ0) is 14.7. The number of benzene rings is 1. The maximum absolute atomic E-state index is 12.6. The highest BCUT2D eigenvalue weighted by atomic mass is 16.2. The monoisotopic (exact) mass is 274 g/mol. The fourth-order valence-corrected chi connectivity index (χ4v) is 3.02. The summed E-state index contributed by atoms with van der Waals surface area (Å²) in [4.78, 5) is 14.4. The number of nitrogens with zero attached hydrogens (tertiary/aromatic N) is 1. The molecule has 1 aromatic carbocycles. The predicted octanol–water partition coefficient (Wildman–Crippen LogP) is 2.90. The van der Waals surface area contributed by atoms with Gasteiger partial charge in [-0.15, -0.1) is 0 Å². The average Bonchev–Trinajstić information content (AvgIpc) is 2.51. The van der Waals surface area contributed by atoms with Gasteiger partial charge in [-0.3, -0.25) is 4.79 Å². The van der Waals surface area contributed by atoms with Crippen LogP contribution >= 0.6 is 0 Å². The summed E-state index contributed by atoms with van der Waals surface area (Å²) >= 11 is 0. The maximum Gasteiger partial charge on any atom is 0.240 e. The first kappa shape index (κ1) is 15.0. The van der Waals surface area contributed by atoms with Crippen LogP contribution < -0.4 is 5.73 Å². The largest absolute Gasteiger partial charge is 0.337 e. The Balaban J connectivity index is 2.18. The van der Waals surface area contributed by atoms with Crippen LogP contribution in [-0.2, 0) is 11.2 Å². The molecule has 0 heterocycles. The van der Waals surface area contributed by atoms with Crippen LogP contribution in [-0.4, -0.2) is 23.9 Å². The van der Waals surface area contributed by atoms with Gasteiger partial charge in [0.25, 0.3) is 0 Å². The van der Waals surface area contributed by atoms with Crippen LogP contribution in [0.2, 0.25) is 0 Å². The summed E-state index contributed by atoms with van der Waals surface area (Å²) in [6.45, 7) is 4.12. The summed E-state index contributed by atoms with van der Waals surface area (Å²) in [6.07, 6.45) is 4.22. The first-order chi connectivity index (χ1) is 9.56. The lowest BCUT2D eigenvalue weighted by atomic mass is 9.86. The van der Waals surface area contributed by atoms with E-state index in [1.54, 1.807) is 0 Å². The van der Waals surface area contributed by atoms with Gasteiger partial charge in [-0.2, -0.15) is 0 Å². The Hall–Kier alpha value is -1.35. The summed E-state index contributed by atoms with van der Waals surface area (Å²) < 4.78 is 0. The van der Waals surface area contributed by atoms with Crippen LogP contribution in [0.15, 0.2) is 24.3 Å². The van der Waals surface area contributed by atoms with E-state index in [1.165, 1.54) is 11.1 Å². The minimum absolute atomic E-state index is 0.0704. The third kappa shape index (κ3) is 2.88. The highest BCUT2D eigenvalue weighted by Crippen LogP contribution is 2.33. The second-order valence-electron chi connectivity index (χ2n) is 5.97. The van der Waals surface area contributed by atoms with Crippen molar-refractivity contribution in [2.75, 3.05) is 7.05 Å².